The van der Waals surface area contributed by atoms with Gasteiger partial charge in [-0.15, -0.1) is 0 Å². The number of nitrogens with zero attached hydrogens (tertiary/aromatic N) is 4. The molecule has 8 heteroatoms. The molecule has 0 fully saturated rings. The molecule has 1 aliphatic rings. The summed E-state index contributed by atoms with van der Waals surface area (Å²) in [5.41, 5.74) is 3.81. The zero-order valence-electron chi connectivity index (χ0n) is 16.8. The summed E-state index contributed by atoms with van der Waals surface area (Å²) in [6.45, 7) is 4.45. The third-order valence-corrected chi connectivity index (χ3v) is 7.31. The molecule has 0 saturated heterocycles. The number of fused-ring (bicyclic) bond motifs is 1. The van der Waals surface area contributed by atoms with Gasteiger partial charge in [0.2, 0.25) is 0 Å². The largest absolute Gasteiger partial charge is 0.371 e. The van der Waals surface area contributed by atoms with Gasteiger partial charge in [0.25, 0.3) is 10.0 Å². The monoisotopic (exact) mass is 414 g/mol. The molecule has 1 aromatic heterocycles. The van der Waals surface area contributed by atoms with Crippen LogP contribution in [0.3, 0.4) is 0 Å². The van der Waals surface area contributed by atoms with Crippen LogP contribution in [0.4, 0.5) is 15.8 Å². The van der Waals surface area contributed by atoms with E-state index in [1.54, 1.807) is 37.1 Å². The Labute approximate surface area is 170 Å². The maximum atomic E-state index is 14.9. The Morgan fingerprint density at radius 1 is 1.07 bits per heavy atom. The standard InChI is InChI=1S/C21H23FN4O2S/c1-14-6-5-7-19-21(14)26(9-8-24(19)3)29(27,28)20-11-18(22)17(10-15(20)2)16-12-23-25(4)13-16/h5-7,10-13H,8-9H2,1-4H3. The van der Waals surface area contributed by atoms with Crippen molar-refractivity contribution < 1.29 is 12.8 Å². The molecule has 0 N–H and O–H groups in total. The minimum atomic E-state index is -3.92. The molecule has 0 unspecified atom stereocenters. The highest BCUT2D eigenvalue weighted by atomic mass is 32.2. The molecule has 0 aliphatic carbocycles. The van der Waals surface area contributed by atoms with Gasteiger partial charge in [0.1, 0.15) is 5.82 Å². The topological polar surface area (TPSA) is 58.4 Å². The van der Waals surface area contributed by atoms with Gasteiger partial charge in [0.05, 0.1) is 29.0 Å². The molecule has 0 saturated carbocycles. The number of likely N-dealkylation sites (N-methyl/N-ethyl adjacent to an activating group) is 1. The highest BCUT2D eigenvalue weighted by molar-refractivity contribution is 7.93. The molecule has 0 spiro atoms. The number of hydrogen-bond donors (Lipinski definition) is 0. The van der Waals surface area contributed by atoms with Crippen LogP contribution in [0.5, 0.6) is 0 Å². The van der Waals surface area contributed by atoms with Crippen molar-refractivity contribution in [3.05, 3.63) is 59.7 Å². The van der Waals surface area contributed by atoms with Crippen molar-refractivity contribution >= 4 is 21.4 Å². The molecule has 2 aromatic carbocycles. The van der Waals surface area contributed by atoms with Crippen LogP contribution in [0.1, 0.15) is 11.1 Å². The molecular weight excluding hydrogens is 391 g/mol. The minimum Gasteiger partial charge on any atom is -0.371 e. The van der Waals surface area contributed by atoms with Crippen molar-refractivity contribution in [2.75, 3.05) is 29.3 Å². The zero-order valence-corrected chi connectivity index (χ0v) is 17.7. The Kier molecular flexibility index (Phi) is 4.61. The molecule has 1 aliphatic heterocycles. The summed E-state index contributed by atoms with van der Waals surface area (Å²) in [5, 5.41) is 4.07. The molecule has 0 atom stereocenters. The van der Waals surface area contributed by atoms with Crippen LogP contribution in [0.15, 0.2) is 47.6 Å². The fourth-order valence-electron chi connectivity index (χ4n) is 3.83. The van der Waals surface area contributed by atoms with Gasteiger partial charge in [-0.2, -0.15) is 5.10 Å². The van der Waals surface area contributed by atoms with E-state index in [0.717, 1.165) is 17.3 Å². The first-order valence-electron chi connectivity index (χ1n) is 9.33. The summed E-state index contributed by atoms with van der Waals surface area (Å²) < 4.78 is 45.0. The first kappa shape index (κ1) is 19.4. The molecule has 4 rings (SSSR count). The van der Waals surface area contributed by atoms with Gasteiger partial charge in [-0.25, -0.2) is 12.8 Å². The van der Waals surface area contributed by atoms with E-state index < -0.39 is 15.8 Å². The molecule has 29 heavy (non-hydrogen) atoms. The Hall–Kier alpha value is -2.87. The van der Waals surface area contributed by atoms with E-state index >= 15 is 0 Å². The number of aryl methyl sites for hydroxylation is 3. The highest BCUT2D eigenvalue weighted by Crippen LogP contribution is 2.39. The third-order valence-electron chi connectivity index (χ3n) is 5.36. The van der Waals surface area contributed by atoms with Crippen LogP contribution in [0.2, 0.25) is 0 Å². The number of rotatable bonds is 3. The Bertz CT molecular complexity index is 1200. The van der Waals surface area contributed by atoms with Gasteiger partial charge in [-0.3, -0.25) is 8.99 Å². The quantitative estimate of drug-likeness (QED) is 0.658. The zero-order chi connectivity index (χ0) is 20.9. The maximum absolute atomic E-state index is 14.9. The summed E-state index contributed by atoms with van der Waals surface area (Å²) in [7, 11) is -0.232. The number of sulfonamides is 1. The van der Waals surface area contributed by atoms with E-state index in [-0.39, 0.29) is 4.90 Å². The average Bonchev–Trinajstić information content (AvgIpc) is 3.10. The van der Waals surface area contributed by atoms with Crippen molar-refractivity contribution in [3.63, 3.8) is 0 Å². The van der Waals surface area contributed by atoms with Crippen LogP contribution in [-0.4, -0.2) is 38.3 Å². The lowest BCUT2D eigenvalue weighted by Crippen LogP contribution is -2.43. The normalized spacial score (nSPS) is 14.2. The van der Waals surface area contributed by atoms with E-state index in [1.807, 2.05) is 37.1 Å². The molecule has 3 aromatic rings. The van der Waals surface area contributed by atoms with Crippen molar-refractivity contribution in [2.24, 2.45) is 7.05 Å². The second-order valence-electron chi connectivity index (χ2n) is 7.44. The molecule has 6 nitrogen and oxygen atoms in total. The minimum absolute atomic E-state index is 0.0126. The van der Waals surface area contributed by atoms with Gasteiger partial charge >= 0.3 is 0 Å². The lowest BCUT2D eigenvalue weighted by molar-refractivity contribution is 0.584. The molecule has 152 valence electrons. The van der Waals surface area contributed by atoms with E-state index in [2.05, 4.69) is 5.10 Å². The molecule has 0 amide bonds. The molecule has 0 radical (unpaired) electrons. The van der Waals surface area contributed by atoms with Crippen LogP contribution in [0.25, 0.3) is 11.1 Å². The number of hydrogen-bond acceptors (Lipinski definition) is 4. The molecular formula is C21H23FN4O2S. The number of para-hydroxylation sites is 1. The Morgan fingerprint density at radius 2 is 1.83 bits per heavy atom. The van der Waals surface area contributed by atoms with Crippen LogP contribution in [-0.2, 0) is 17.1 Å². The molecule has 0 bridgehead atoms. The number of halogens is 1. The van der Waals surface area contributed by atoms with E-state index in [1.165, 1.54) is 4.31 Å². The first-order valence-corrected chi connectivity index (χ1v) is 10.8. The fourth-order valence-corrected chi connectivity index (χ4v) is 5.59. The lowest BCUT2D eigenvalue weighted by Gasteiger charge is -2.37. The molecule has 2 heterocycles. The summed E-state index contributed by atoms with van der Waals surface area (Å²) >= 11 is 0. The van der Waals surface area contributed by atoms with Gasteiger partial charge < -0.3 is 4.90 Å². The Balaban J connectivity index is 1.84. The van der Waals surface area contributed by atoms with Gasteiger partial charge in [0, 0.05) is 38.0 Å². The van der Waals surface area contributed by atoms with Crippen LogP contribution in [0, 0.1) is 19.7 Å². The summed E-state index contributed by atoms with van der Waals surface area (Å²) in [5.74, 6) is -0.582. The maximum Gasteiger partial charge on any atom is 0.264 e. The Morgan fingerprint density at radius 3 is 2.52 bits per heavy atom. The van der Waals surface area contributed by atoms with Gasteiger partial charge in [-0.05, 0) is 43.2 Å². The highest BCUT2D eigenvalue weighted by Gasteiger charge is 2.33. The predicted molar refractivity (Wildman–Crippen MR) is 112 cm³/mol. The lowest BCUT2D eigenvalue weighted by atomic mass is 10.1. The number of aromatic nitrogens is 2. The average molecular weight is 415 g/mol. The SMILES string of the molecule is Cc1cc(-c2cnn(C)c2)c(F)cc1S(=O)(=O)N1CCN(C)c2cccc(C)c21. The van der Waals surface area contributed by atoms with Crippen molar-refractivity contribution in [3.8, 4) is 11.1 Å². The van der Waals surface area contributed by atoms with Crippen molar-refractivity contribution in [2.45, 2.75) is 18.7 Å². The first-order chi connectivity index (χ1) is 13.7. The van der Waals surface area contributed by atoms with Crippen LogP contribution >= 0.6 is 0 Å². The predicted octanol–water partition coefficient (Wildman–Crippen LogP) is 3.49. The van der Waals surface area contributed by atoms with Crippen molar-refractivity contribution in [1.82, 2.24) is 9.78 Å². The summed E-state index contributed by atoms with van der Waals surface area (Å²) in [6, 6.07) is 8.41. The number of benzene rings is 2. The van der Waals surface area contributed by atoms with Gasteiger partial charge in [0.15, 0.2) is 0 Å². The van der Waals surface area contributed by atoms with E-state index in [9.17, 15) is 12.8 Å². The van der Waals surface area contributed by atoms with E-state index in [0.29, 0.717) is 35.5 Å². The fraction of sp³-hybridized carbons (Fsp3) is 0.286. The van der Waals surface area contributed by atoms with Gasteiger partial charge in [-0.1, -0.05) is 12.1 Å². The van der Waals surface area contributed by atoms with Crippen molar-refractivity contribution in [1.29, 1.82) is 0 Å². The summed E-state index contributed by atoms with van der Waals surface area (Å²) in [4.78, 5) is 2.02. The third kappa shape index (κ3) is 3.17. The summed E-state index contributed by atoms with van der Waals surface area (Å²) in [6.07, 6.45) is 3.26. The van der Waals surface area contributed by atoms with Crippen LogP contribution < -0.4 is 9.21 Å². The second kappa shape index (κ2) is 6.88. The number of anilines is 2. The smallest absolute Gasteiger partial charge is 0.264 e. The van der Waals surface area contributed by atoms with E-state index in [4.69, 9.17) is 0 Å². The second-order valence-corrected chi connectivity index (χ2v) is 9.27.